The lowest BCUT2D eigenvalue weighted by Gasteiger charge is -2.25. The normalized spacial score (nSPS) is 10.6. The van der Waals surface area contributed by atoms with E-state index in [1.54, 1.807) is 4.90 Å². The van der Waals surface area contributed by atoms with Crippen molar-refractivity contribution in [1.29, 1.82) is 0 Å². The van der Waals surface area contributed by atoms with Crippen LogP contribution in [0, 0.1) is 10.1 Å². The van der Waals surface area contributed by atoms with Crippen molar-refractivity contribution < 1.29 is 14.8 Å². The van der Waals surface area contributed by atoms with Gasteiger partial charge in [0.05, 0.1) is 15.6 Å². The molecule has 7 nitrogen and oxygen atoms in total. The molecule has 0 radical (unpaired) electrons. The Bertz CT molecular complexity index is 507. The Morgan fingerprint density at radius 1 is 1.40 bits per heavy atom. The number of aliphatic carboxylic acids is 1. The zero-order valence-corrected chi connectivity index (χ0v) is 12.0. The fourth-order valence-corrected chi connectivity index (χ4v) is 1.93. The topological polar surface area (TPSA) is 86.9 Å². The molecular weight excluding hydrogens is 286 g/mol. The quantitative estimate of drug-likeness (QED) is 0.609. The van der Waals surface area contributed by atoms with Crippen LogP contribution in [0.4, 0.5) is 11.4 Å². The van der Waals surface area contributed by atoms with E-state index in [1.807, 2.05) is 19.0 Å². The number of nitro benzene ring substituents is 1. The minimum absolute atomic E-state index is 0.123. The fourth-order valence-electron chi connectivity index (χ4n) is 1.63. The molecular formula is C12H16ClN3O4. The van der Waals surface area contributed by atoms with Gasteiger partial charge in [0.15, 0.2) is 0 Å². The molecule has 1 N–H and O–H groups in total. The van der Waals surface area contributed by atoms with Gasteiger partial charge in [-0.1, -0.05) is 11.6 Å². The van der Waals surface area contributed by atoms with Crippen LogP contribution in [0.5, 0.6) is 0 Å². The third-order valence-electron chi connectivity index (χ3n) is 2.63. The minimum Gasteiger partial charge on any atom is -0.480 e. The van der Waals surface area contributed by atoms with Crippen molar-refractivity contribution in [1.82, 2.24) is 4.90 Å². The first kappa shape index (κ1) is 16.2. The third kappa shape index (κ3) is 4.67. The van der Waals surface area contributed by atoms with Crippen molar-refractivity contribution in [3.63, 3.8) is 0 Å². The highest BCUT2D eigenvalue weighted by atomic mass is 35.5. The van der Waals surface area contributed by atoms with Gasteiger partial charge in [-0.15, -0.1) is 0 Å². The molecule has 0 amide bonds. The second kappa shape index (κ2) is 7.06. The molecule has 1 aromatic carbocycles. The average molecular weight is 302 g/mol. The summed E-state index contributed by atoms with van der Waals surface area (Å²) >= 11 is 6.01. The number of benzene rings is 1. The zero-order valence-electron chi connectivity index (χ0n) is 11.2. The van der Waals surface area contributed by atoms with Gasteiger partial charge in [0.1, 0.15) is 6.54 Å². The first-order chi connectivity index (χ1) is 9.31. The number of nitrogens with zero attached hydrogens (tertiary/aromatic N) is 3. The summed E-state index contributed by atoms with van der Waals surface area (Å²) in [5.74, 6) is -0.988. The number of rotatable bonds is 7. The highest BCUT2D eigenvalue weighted by Crippen LogP contribution is 2.29. The van der Waals surface area contributed by atoms with E-state index in [1.165, 1.54) is 18.2 Å². The van der Waals surface area contributed by atoms with Gasteiger partial charge in [-0.2, -0.15) is 0 Å². The molecule has 0 aliphatic carbocycles. The second-order valence-corrected chi connectivity index (χ2v) is 4.92. The van der Waals surface area contributed by atoms with Crippen molar-refractivity contribution in [2.45, 2.75) is 0 Å². The molecule has 0 saturated carbocycles. The number of anilines is 1. The molecule has 0 unspecified atom stereocenters. The Morgan fingerprint density at radius 3 is 2.50 bits per heavy atom. The predicted molar refractivity (Wildman–Crippen MR) is 76.5 cm³/mol. The Morgan fingerprint density at radius 2 is 2.05 bits per heavy atom. The van der Waals surface area contributed by atoms with Crippen LogP contribution in [0.2, 0.25) is 5.02 Å². The van der Waals surface area contributed by atoms with Crippen LogP contribution in [0.1, 0.15) is 0 Å². The number of carbonyl (C=O) groups is 1. The molecule has 0 aliphatic heterocycles. The summed E-state index contributed by atoms with van der Waals surface area (Å²) in [6.07, 6.45) is 0. The Hall–Kier alpha value is -1.86. The lowest BCUT2D eigenvalue weighted by Crippen LogP contribution is -2.35. The molecule has 0 aliphatic rings. The fraction of sp³-hybridized carbons (Fsp3) is 0.417. The number of likely N-dealkylation sites (N-methyl/N-ethyl adjacent to an activating group) is 1. The molecule has 0 atom stereocenters. The molecule has 0 aromatic heterocycles. The van der Waals surface area contributed by atoms with Crippen LogP contribution < -0.4 is 4.90 Å². The summed E-state index contributed by atoms with van der Waals surface area (Å²) in [4.78, 5) is 24.5. The van der Waals surface area contributed by atoms with Crippen molar-refractivity contribution >= 4 is 28.9 Å². The molecule has 0 bridgehead atoms. The number of hydrogen-bond donors (Lipinski definition) is 1. The smallest absolute Gasteiger partial charge is 0.323 e. The molecule has 8 heteroatoms. The molecule has 1 rings (SSSR count). The van der Waals surface area contributed by atoms with Crippen LogP contribution >= 0.6 is 11.6 Å². The number of non-ortho nitro benzene ring substituents is 1. The van der Waals surface area contributed by atoms with Gasteiger partial charge in [-0.05, 0) is 20.2 Å². The lowest BCUT2D eigenvalue weighted by atomic mass is 10.2. The maximum absolute atomic E-state index is 10.9. The molecule has 0 spiro atoms. The Kier molecular flexibility index (Phi) is 5.72. The van der Waals surface area contributed by atoms with Crippen LogP contribution in [0.3, 0.4) is 0 Å². The van der Waals surface area contributed by atoms with E-state index in [4.69, 9.17) is 16.7 Å². The van der Waals surface area contributed by atoms with Crippen molar-refractivity contribution in [3.05, 3.63) is 33.3 Å². The van der Waals surface area contributed by atoms with Crippen LogP contribution in [-0.4, -0.2) is 54.6 Å². The number of nitro groups is 1. The molecule has 0 fully saturated rings. The first-order valence-corrected chi connectivity index (χ1v) is 6.24. The van der Waals surface area contributed by atoms with Gasteiger partial charge < -0.3 is 14.9 Å². The van der Waals surface area contributed by atoms with E-state index < -0.39 is 10.9 Å². The van der Waals surface area contributed by atoms with Crippen molar-refractivity contribution in [3.8, 4) is 0 Å². The highest BCUT2D eigenvalue weighted by Gasteiger charge is 2.17. The Labute approximate surface area is 121 Å². The summed E-state index contributed by atoms with van der Waals surface area (Å²) in [6, 6.07) is 4.01. The molecule has 20 heavy (non-hydrogen) atoms. The SMILES string of the molecule is CN(C)CCN(CC(=O)O)c1ccc([N+](=O)[O-])cc1Cl. The van der Waals surface area contributed by atoms with Gasteiger partial charge in [0.25, 0.3) is 5.69 Å². The highest BCUT2D eigenvalue weighted by molar-refractivity contribution is 6.33. The van der Waals surface area contributed by atoms with Crippen LogP contribution in [0.15, 0.2) is 18.2 Å². The van der Waals surface area contributed by atoms with E-state index in [-0.39, 0.29) is 17.3 Å². The van der Waals surface area contributed by atoms with E-state index >= 15 is 0 Å². The minimum atomic E-state index is -0.988. The number of carboxylic acids is 1. The predicted octanol–water partition coefficient (Wildman–Crippen LogP) is 1.70. The van der Waals surface area contributed by atoms with Crippen LogP contribution in [-0.2, 0) is 4.79 Å². The first-order valence-electron chi connectivity index (χ1n) is 5.86. The summed E-state index contributed by atoms with van der Waals surface area (Å²) in [7, 11) is 3.74. The van der Waals surface area contributed by atoms with E-state index in [2.05, 4.69) is 0 Å². The van der Waals surface area contributed by atoms with Gasteiger partial charge in [-0.3, -0.25) is 14.9 Å². The number of carboxylic acid groups (broad SMARTS) is 1. The third-order valence-corrected chi connectivity index (χ3v) is 2.93. The molecule has 110 valence electrons. The maximum atomic E-state index is 10.9. The standard InChI is InChI=1S/C12H16ClN3O4/c1-14(2)5-6-15(8-12(17)18)11-4-3-9(16(19)20)7-10(11)13/h3-4,7H,5-6,8H2,1-2H3,(H,17,18). The zero-order chi connectivity index (χ0) is 15.3. The lowest BCUT2D eigenvalue weighted by molar-refractivity contribution is -0.384. The summed E-state index contributed by atoms with van der Waals surface area (Å²) in [5.41, 5.74) is 0.350. The average Bonchev–Trinajstić information content (AvgIpc) is 2.33. The van der Waals surface area contributed by atoms with Crippen molar-refractivity contribution in [2.75, 3.05) is 38.6 Å². The van der Waals surface area contributed by atoms with Crippen LogP contribution in [0.25, 0.3) is 0 Å². The van der Waals surface area contributed by atoms with Gasteiger partial charge in [0.2, 0.25) is 0 Å². The van der Waals surface area contributed by atoms with Gasteiger partial charge in [-0.25, -0.2) is 0 Å². The summed E-state index contributed by atoms with van der Waals surface area (Å²) < 4.78 is 0. The van der Waals surface area contributed by atoms with E-state index in [0.717, 1.165) is 0 Å². The van der Waals surface area contributed by atoms with Gasteiger partial charge >= 0.3 is 5.97 Å². The van der Waals surface area contributed by atoms with Crippen molar-refractivity contribution in [2.24, 2.45) is 0 Å². The second-order valence-electron chi connectivity index (χ2n) is 4.51. The van der Waals surface area contributed by atoms with E-state index in [9.17, 15) is 14.9 Å². The summed E-state index contributed by atoms with van der Waals surface area (Å²) in [6.45, 7) is 0.878. The largest absolute Gasteiger partial charge is 0.480 e. The van der Waals surface area contributed by atoms with E-state index in [0.29, 0.717) is 18.8 Å². The molecule has 1 aromatic rings. The monoisotopic (exact) mass is 301 g/mol. The maximum Gasteiger partial charge on any atom is 0.323 e. The number of hydrogen-bond acceptors (Lipinski definition) is 5. The number of halogens is 1. The molecule has 0 heterocycles. The molecule has 0 saturated heterocycles. The Balaban J connectivity index is 3.00. The van der Waals surface area contributed by atoms with Gasteiger partial charge in [0, 0.05) is 25.2 Å². The summed E-state index contributed by atoms with van der Waals surface area (Å²) in [5, 5.41) is 19.8.